The number of hydrogen-bond donors (Lipinski definition) is 1. The molecule has 0 amide bonds. The third-order valence-corrected chi connectivity index (χ3v) is 5.37. The molecule has 0 spiro atoms. The lowest BCUT2D eigenvalue weighted by Gasteiger charge is -2.36. The Morgan fingerprint density at radius 3 is 2.58 bits per heavy atom. The molecule has 1 saturated heterocycles. The molecule has 0 radical (unpaired) electrons. The number of guanidine groups is 1. The number of nitrogens with zero attached hydrogens (tertiary/aromatic N) is 5. The summed E-state index contributed by atoms with van der Waals surface area (Å²) in [5, 5.41) is 5.53. The lowest BCUT2D eigenvalue weighted by atomic mass is 10.3. The third kappa shape index (κ3) is 5.03. The summed E-state index contributed by atoms with van der Waals surface area (Å²) in [6.45, 7) is 4.41. The van der Waals surface area contributed by atoms with Crippen LogP contribution in [0.3, 0.4) is 0 Å². The highest BCUT2D eigenvalue weighted by molar-refractivity contribution is 14.0. The quantitative estimate of drug-likeness (QED) is 0.381. The van der Waals surface area contributed by atoms with E-state index in [4.69, 9.17) is 0 Å². The summed E-state index contributed by atoms with van der Waals surface area (Å²) in [5.74, 6) is 1.75. The lowest BCUT2D eigenvalue weighted by Crippen LogP contribution is -2.52. The molecular formula is C15H20BrIN6S. The van der Waals surface area contributed by atoms with Crippen molar-refractivity contribution in [3.05, 3.63) is 39.3 Å². The van der Waals surface area contributed by atoms with Gasteiger partial charge < -0.3 is 15.1 Å². The van der Waals surface area contributed by atoms with Gasteiger partial charge in [-0.25, -0.2) is 9.97 Å². The molecule has 3 rings (SSSR count). The molecule has 1 aliphatic rings. The van der Waals surface area contributed by atoms with Gasteiger partial charge >= 0.3 is 0 Å². The maximum Gasteiger partial charge on any atom is 0.225 e. The number of nitrogens with one attached hydrogen (secondary N) is 1. The van der Waals surface area contributed by atoms with Crippen molar-refractivity contribution in [3.63, 3.8) is 0 Å². The van der Waals surface area contributed by atoms with Crippen molar-refractivity contribution >= 4 is 63.2 Å². The van der Waals surface area contributed by atoms with Crippen molar-refractivity contribution in [1.29, 1.82) is 0 Å². The fraction of sp³-hybridized carbons (Fsp3) is 0.400. The van der Waals surface area contributed by atoms with Crippen molar-refractivity contribution in [2.75, 3.05) is 38.1 Å². The van der Waals surface area contributed by atoms with E-state index in [1.165, 1.54) is 4.88 Å². The van der Waals surface area contributed by atoms with Crippen LogP contribution in [0.15, 0.2) is 39.4 Å². The van der Waals surface area contributed by atoms with E-state index in [2.05, 4.69) is 57.5 Å². The fourth-order valence-corrected chi connectivity index (χ4v) is 3.91. The highest BCUT2D eigenvalue weighted by Crippen LogP contribution is 2.19. The summed E-state index contributed by atoms with van der Waals surface area (Å²) in [7, 11) is 1.83. The van der Waals surface area contributed by atoms with E-state index in [0.29, 0.717) is 0 Å². The molecule has 0 aliphatic carbocycles. The monoisotopic (exact) mass is 522 g/mol. The zero-order valence-electron chi connectivity index (χ0n) is 13.4. The zero-order chi connectivity index (χ0) is 16.1. The Morgan fingerprint density at radius 2 is 2.00 bits per heavy atom. The highest BCUT2D eigenvalue weighted by Gasteiger charge is 2.20. The molecule has 1 aliphatic heterocycles. The van der Waals surface area contributed by atoms with Crippen LogP contribution >= 0.6 is 51.2 Å². The smallest absolute Gasteiger partial charge is 0.225 e. The van der Waals surface area contributed by atoms with E-state index < -0.39 is 0 Å². The van der Waals surface area contributed by atoms with Gasteiger partial charge in [0.05, 0.1) is 6.54 Å². The van der Waals surface area contributed by atoms with Gasteiger partial charge in [0, 0.05) is 60.4 Å². The first kappa shape index (κ1) is 19.4. The standard InChI is InChI=1S/C15H19BrN6S.HI/c1-17-14(20-10-13-9-12(16)11-23-13)21-5-7-22(8-6-21)15-18-3-2-4-19-15;/h2-4,9,11H,5-8,10H2,1H3,(H,17,20);1H. The van der Waals surface area contributed by atoms with Crippen LogP contribution in [-0.2, 0) is 6.54 Å². The number of anilines is 1. The molecule has 130 valence electrons. The maximum absolute atomic E-state index is 4.41. The predicted molar refractivity (Wildman–Crippen MR) is 113 cm³/mol. The van der Waals surface area contributed by atoms with Crippen molar-refractivity contribution in [2.45, 2.75) is 6.54 Å². The van der Waals surface area contributed by atoms with Crippen LogP contribution in [0.5, 0.6) is 0 Å². The molecule has 1 fully saturated rings. The summed E-state index contributed by atoms with van der Waals surface area (Å²) in [5.41, 5.74) is 0. The van der Waals surface area contributed by atoms with Gasteiger partial charge in [-0.1, -0.05) is 0 Å². The van der Waals surface area contributed by atoms with E-state index in [1.807, 2.05) is 13.1 Å². The van der Waals surface area contributed by atoms with Gasteiger partial charge in [-0.15, -0.1) is 35.3 Å². The summed E-state index contributed by atoms with van der Waals surface area (Å²) in [4.78, 5) is 18.8. The number of halogens is 2. The van der Waals surface area contributed by atoms with Crippen LogP contribution in [0, 0.1) is 0 Å². The van der Waals surface area contributed by atoms with E-state index >= 15 is 0 Å². The second-order valence-corrected chi connectivity index (χ2v) is 7.07. The number of thiophene rings is 1. The summed E-state index contributed by atoms with van der Waals surface area (Å²) >= 11 is 5.22. The normalized spacial score (nSPS) is 15.2. The van der Waals surface area contributed by atoms with Crippen LogP contribution in [0.25, 0.3) is 0 Å². The molecule has 0 bridgehead atoms. The molecule has 1 N–H and O–H groups in total. The van der Waals surface area contributed by atoms with Gasteiger partial charge in [0.15, 0.2) is 5.96 Å². The van der Waals surface area contributed by atoms with Crippen LogP contribution in [-0.4, -0.2) is 54.1 Å². The van der Waals surface area contributed by atoms with Gasteiger partial charge in [0.2, 0.25) is 5.95 Å². The summed E-state index contributed by atoms with van der Waals surface area (Å²) < 4.78 is 1.13. The molecule has 24 heavy (non-hydrogen) atoms. The van der Waals surface area contributed by atoms with Crippen molar-refractivity contribution in [1.82, 2.24) is 20.2 Å². The molecule has 0 unspecified atom stereocenters. The number of aliphatic imine (C=N–C) groups is 1. The van der Waals surface area contributed by atoms with Gasteiger partial charge in [-0.05, 0) is 28.1 Å². The molecule has 0 aromatic carbocycles. The first-order valence-electron chi connectivity index (χ1n) is 7.47. The first-order chi connectivity index (χ1) is 11.3. The van der Waals surface area contributed by atoms with Crippen LogP contribution in [0.4, 0.5) is 5.95 Å². The van der Waals surface area contributed by atoms with Crippen LogP contribution in [0.2, 0.25) is 0 Å². The Hall–Kier alpha value is -0.940. The van der Waals surface area contributed by atoms with E-state index in [0.717, 1.165) is 49.1 Å². The zero-order valence-corrected chi connectivity index (χ0v) is 18.1. The minimum atomic E-state index is 0. The van der Waals surface area contributed by atoms with Gasteiger partial charge in [0.25, 0.3) is 0 Å². The van der Waals surface area contributed by atoms with E-state index in [1.54, 1.807) is 23.7 Å². The lowest BCUT2D eigenvalue weighted by molar-refractivity contribution is 0.370. The summed E-state index contributed by atoms with van der Waals surface area (Å²) in [6, 6.07) is 3.98. The number of hydrogen-bond acceptors (Lipinski definition) is 5. The molecule has 6 nitrogen and oxygen atoms in total. The Morgan fingerprint density at radius 1 is 1.29 bits per heavy atom. The van der Waals surface area contributed by atoms with Crippen LogP contribution in [0.1, 0.15) is 4.88 Å². The second-order valence-electron chi connectivity index (χ2n) is 5.15. The molecule has 0 atom stereocenters. The minimum Gasteiger partial charge on any atom is -0.351 e. The van der Waals surface area contributed by atoms with Crippen molar-refractivity contribution in [2.24, 2.45) is 4.99 Å². The SMILES string of the molecule is CN=C(NCc1cc(Br)cs1)N1CCN(c2ncccn2)CC1.I. The largest absolute Gasteiger partial charge is 0.351 e. The van der Waals surface area contributed by atoms with Crippen LogP contribution < -0.4 is 10.2 Å². The summed E-state index contributed by atoms with van der Waals surface area (Å²) in [6.07, 6.45) is 3.57. The highest BCUT2D eigenvalue weighted by atomic mass is 127. The Balaban J connectivity index is 0.00000208. The van der Waals surface area contributed by atoms with E-state index in [9.17, 15) is 0 Å². The number of rotatable bonds is 3. The average Bonchev–Trinajstić information content (AvgIpc) is 3.02. The second kappa shape index (κ2) is 9.52. The molecule has 9 heteroatoms. The fourth-order valence-electron chi connectivity index (χ4n) is 2.52. The molecule has 2 aromatic rings. The molecule has 3 heterocycles. The first-order valence-corrected chi connectivity index (χ1v) is 9.14. The van der Waals surface area contributed by atoms with Crippen molar-refractivity contribution < 1.29 is 0 Å². The maximum atomic E-state index is 4.41. The van der Waals surface area contributed by atoms with Gasteiger partial charge in [-0.2, -0.15) is 0 Å². The topological polar surface area (TPSA) is 56.7 Å². The molecular weight excluding hydrogens is 503 g/mol. The Labute approximate surface area is 171 Å². The minimum absolute atomic E-state index is 0. The Kier molecular flexibility index (Phi) is 7.69. The van der Waals surface area contributed by atoms with Gasteiger partial charge in [0.1, 0.15) is 0 Å². The number of aromatic nitrogens is 2. The predicted octanol–water partition coefficient (Wildman–Crippen LogP) is 2.82. The molecule has 0 saturated carbocycles. The van der Waals surface area contributed by atoms with E-state index in [-0.39, 0.29) is 24.0 Å². The third-order valence-electron chi connectivity index (χ3n) is 3.67. The van der Waals surface area contributed by atoms with Crippen molar-refractivity contribution in [3.8, 4) is 0 Å². The number of piperazine rings is 1. The Bertz CT molecular complexity index is 657. The molecule has 2 aromatic heterocycles. The average molecular weight is 523 g/mol. The van der Waals surface area contributed by atoms with Gasteiger partial charge in [-0.3, -0.25) is 4.99 Å².